The second-order valence-electron chi connectivity index (χ2n) is 4.88. The second kappa shape index (κ2) is 9.33. The third-order valence-electron chi connectivity index (χ3n) is 2.58. The van der Waals surface area contributed by atoms with Gasteiger partial charge < -0.3 is 41.3 Å². The number of carbonyl (C=O) groups is 2. The first-order chi connectivity index (χ1) is 10.3. The van der Waals surface area contributed by atoms with Gasteiger partial charge in [-0.25, -0.2) is 4.79 Å². The molecule has 0 rings (SSSR count). The number of unbranched alkanes of at least 4 members (excludes halogenated alkanes) is 1. The van der Waals surface area contributed by atoms with E-state index < -0.39 is 45.7 Å². The van der Waals surface area contributed by atoms with Crippen molar-refractivity contribution in [2.75, 3.05) is 19.1 Å². The minimum Gasteiger partial charge on any atom is -0.352 e. The van der Waals surface area contributed by atoms with Gasteiger partial charge in [-0.2, -0.15) is 0 Å². The van der Waals surface area contributed by atoms with Crippen LogP contribution < -0.4 is 16.8 Å². The smallest absolute Gasteiger partial charge is 0.344 e. The Labute approximate surface area is 132 Å². The Morgan fingerprint density at radius 2 is 1.52 bits per heavy atom. The number of hydrogen-bond donors (Lipinski definition) is 7. The molecule has 0 aliphatic carbocycles. The molecular weight excluding hydrogens is 354 g/mol. The van der Waals surface area contributed by atoms with Crippen molar-refractivity contribution in [3.05, 3.63) is 0 Å². The van der Waals surface area contributed by atoms with Crippen LogP contribution in [-0.4, -0.2) is 61.6 Å². The maximum atomic E-state index is 12.0. The van der Waals surface area contributed by atoms with Gasteiger partial charge in [0.15, 0.2) is 0 Å². The fourth-order valence-corrected chi connectivity index (χ4v) is 3.21. The Morgan fingerprint density at radius 1 is 1.04 bits per heavy atom. The van der Waals surface area contributed by atoms with E-state index in [1.165, 1.54) is 0 Å². The van der Waals surface area contributed by atoms with Crippen LogP contribution in [0.3, 0.4) is 0 Å². The lowest BCUT2D eigenvalue weighted by Crippen LogP contribution is -2.44. The SMILES string of the molecule is NC(=O)NCCCC[C@H](N)C(=O)N(CP(=O)(O)O)CP(=O)(O)O. The van der Waals surface area contributed by atoms with Crippen molar-refractivity contribution in [1.29, 1.82) is 0 Å². The third kappa shape index (κ3) is 12.1. The predicted molar refractivity (Wildman–Crippen MR) is 80.1 cm³/mol. The Balaban J connectivity index is 4.58. The van der Waals surface area contributed by atoms with Crippen molar-refractivity contribution < 1.29 is 38.3 Å². The summed E-state index contributed by atoms with van der Waals surface area (Å²) in [6, 6.07) is -1.87. The van der Waals surface area contributed by atoms with Crippen LogP contribution >= 0.6 is 15.2 Å². The molecule has 0 aromatic rings. The first kappa shape index (κ1) is 22.0. The van der Waals surface area contributed by atoms with Gasteiger partial charge in [0.05, 0.1) is 6.04 Å². The largest absolute Gasteiger partial charge is 0.352 e. The highest BCUT2D eigenvalue weighted by Gasteiger charge is 2.31. The van der Waals surface area contributed by atoms with Crippen LogP contribution in [0.25, 0.3) is 0 Å². The number of amides is 3. The lowest BCUT2D eigenvalue weighted by atomic mass is 10.1. The van der Waals surface area contributed by atoms with Crippen molar-refractivity contribution in [1.82, 2.24) is 10.2 Å². The first-order valence-electron chi connectivity index (χ1n) is 6.48. The summed E-state index contributed by atoms with van der Waals surface area (Å²) >= 11 is 0. The van der Waals surface area contributed by atoms with Gasteiger partial charge in [0.2, 0.25) is 5.91 Å². The number of urea groups is 1. The normalized spacial score (nSPS) is 13.4. The standard InChI is InChI=1S/C9H22N4O8P2/c10-7(3-1-2-4-12-9(11)15)8(14)13(5-22(16,17)18)6-23(19,20)21/h7H,1-6,10H2,(H3,11,12,15)(H2,16,17,18)(H2,19,20,21)/t7-/m0/s1. The zero-order chi connectivity index (χ0) is 18.3. The molecule has 0 saturated carbocycles. The minimum absolute atomic E-state index is 0.109. The highest BCUT2D eigenvalue weighted by Crippen LogP contribution is 2.41. The summed E-state index contributed by atoms with van der Waals surface area (Å²) in [5.74, 6) is -0.973. The average molecular weight is 376 g/mol. The van der Waals surface area contributed by atoms with Crippen molar-refractivity contribution in [3.8, 4) is 0 Å². The van der Waals surface area contributed by atoms with Crippen LogP contribution in [0.1, 0.15) is 19.3 Å². The van der Waals surface area contributed by atoms with E-state index in [-0.39, 0.29) is 13.0 Å². The first-order valence-corrected chi connectivity index (χ1v) is 10.1. The van der Waals surface area contributed by atoms with Crippen molar-refractivity contribution in [3.63, 3.8) is 0 Å². The van der Waals surface area contributed by atoms with Gasteiger partial charge in [0.1, 0.15) is 12.6 Å². The fraction of sp³-hybridized carbons (Fsp3) is 0.778. The Hall–Kier alpha value is -1.00. The molecule has 0 aromatic heterocycles. The zero-order valence-corrected chi connectivity index (χ0v) is 14.0. The van der Waals surface area contributed by atoms with E-state index in [9.17, 15) is 18.7 Å². The molecule has 0 spiro atoms. The maximum Gasteiger partial charge on any atom is 0.344 e. The summed E-state index contributed by atoms with van der Waals surface area (Å²) < 4.78 is 21.9. The van der Waals surface area contributed by atoms with Crippen molar-refractivity contribution in [2.45, 2.75) is 25.3 Å². The molecular formula is C9H22N4O8P2. The Kier molecular flexibility index (Phi) is 8.93. The van der Waals surface area contributed by atoms with E-state index in [1.54, 1.807) is 0 Å². The number of hydrogen-bond acceptors (Lipinski definition) is 5. The van der Waals surface area contributed by atoms with Crippen LogP contribution in [0, 0.1) is 0 Å². The van der Waals surface area contributed by atoms with E-state index in [4.69, 9.17) is 31.0 Å². The third-order valence-corrected chi connectivity index (χ3v) is 4.00. The van der Waals surface area contributed by atoms with Crippen molar-refractivity contribution >= 4 is 27.1 Å². The van der Waals surface area contributed by atoms with Crippen LogP contribution in [0.5, 0.6) is 0 Å². The number of carbonyl (C=O) groups excluding carboxylic acids is 2. The minimum atomic E-state index is -4.70. The predicted octanol–water partition coefficient (Wildman–Crippen LogP) is -1.75. The molecule has 0 bridgehead atoms. The van der Waals surface area contributed by atoms with E-state index >= 15 is 0 Å². The fourth-order valence-electron chi connectivity index (χ4n) is 1.69. The number of rotatable bonds is 10. The molecule has 0 fully saturated rings. The van der Waals surface area contributed by atoms with Gasteiger partial charge in [-0.15, -0.1) is 0 Å². The molecule has 12 nitrogen and oxygen atoms in total. The topological polar surface area (TPSA) is 217 Å². The van der Waals surface area contributed by atoms with Gasteiger partial charge in [0.25, 0.3) is 0 Å². The van der Waals surface area contributed by atoms with Crippen LogP contribution in [-0.2, 0) is 13.9 Å². The van der Waals surface area contributed by atoms with Crippen molar-refractivity contribution in [2.24, 2.45) is 11.5 Å². The van der Waals surface area contributed by atoms with Gasteiger partial charge >= 0.3 is 21.2 Å². The molecule has 136 valence electrons. The lowest BCUT2D eigenvalue weighted by Gasteiger charge is -2.26. The molecule has 1 atom stereocenters. The van der Waals surface area contributed by atoms with E-state index in [0.29, 0.717) is 17.7 Å². The highest BCUT2D eigenvalue weighted by atomic mass is 31.2. The molecule has 9 N–H and O–H groups in total. The van der Waals surface area contributed by atoms with Gasteiger partial charge in [-0.05, 0) is 19.3 Å². The van der Waals surface area contributed by atoms with Crippen LogP contribution in [0.15, 0.2) is 0 Å². The molecule has 23 heavy (non-hydrogen) atoms. The second-order valence-corrected chi connectivity index (χ2v) is 8.11. The number of primary amides is 1. The molecule has 3 amide bonds. The maximum absolute atomic E-state index is 12.0. The van der Waals surface area contributed by atoms with E-state index in [1.807, 2.05) is 0 Å². The molecule has 0 unspecified atom stereocenters. The quantitative estimate of drug-likeness (QED) is 0.170. The summed E-state index contributed by atoms with van der Waals surface area (Å²) in [5, 5.41) is 2.33. The molecule has 0 heterocycles. The zero-order valence-electron chi connectivity index (χ0n) is 12.2. The van der Waals surface area contributed by atoms with E-state index in [2.05, 4.69) is 5.32 Å². The summed E-state index contributed by atoms with van der Waals surface area (Å²) in [5.41, 5.74) is 10.4. The van der Waals surface area contributed by atoms with Gasteiger partial charge in [-0.3, -0.25) is 13.9 Å². The Bertz CT molecular complexity index is 480. The van der Waals surface area contributed by atoms with Crippen LogP contribution in [0.4, 0.5) is 4.79 Å². The molecule has 0 aliphatic heterocycles. The van der Waals surface area contributed by atoms with Gasteiger partial charge in [0, 0.05) is 6.54 Å². The summed E-state index contributed by atoms with van der Waals surface area (Å²) in [6.07, 6.45) is -1.30. The molecule has 0 aromatic carbocycles. The molecule has 0 radical (unpaired) electrons. The monoisotopic (exact) mass is 376 g/mol. The molecule has 0 aliphatic rings. The lowest BCUT2D eigenvalue weighted by molar-refractivity contribution is -0.131. The summed E-state index contributed by atoms with van der Waals surface area (Å²) in [6.45, 7) is 0.269. The highest BCUT2D eigenvalue weighted by molar-refractivity contribution is 7.52. The number of nitrogens with zero attached hydrogens (tertiary/aromatic N) is 1. The van der Waals surface area contributed by atoms with Gasteiger partial charge in [-0.1, -0.05) is 0 Å². The average Bonchev–Trinajstić information content (AvgIpc) is 2.32. The number of nitrogens with one attached hydrogen (secondary N) is 1. The summed E-state index contributed by atoms with van der Waals surface area (Å²) in [4.78, 5) is 58.3. The molecule has 0 saturated heterocycles. The van der Waals surface area contributed by atoms with E-state index in [0.717, 1.165) is 0 Å². The number of nitrogens with two attached hydrogens (primary N) is 2. The van der Waals surface area contributed by atoms with Crippen LogP contribution in [0.2, 0.25) is 0 Å². The molecule has 14 heteroatoms. The summed E-state index contributed by atoms with van der Waals surface area (Å²) in [7, 11) is -9.41. The Morgan fingerprint density at radius 3 is 1.91 bits per heavy atom.